The molecule has 7 rings (SSSR count). The minimum atomic E-state index is -4.34. The van der Waals surface area contributed by atoms with Gasteiger partial charge in [-0.3, -0.25) is 19.2 Å². The highest BCUT2D eigenvalue weighted by Gasteiger charge is 2.43. The molecule has 0 aromatic carbocycles. The van der Waals surface area contributed by atoms with Crippen molar-refractivity contribution in [1.82, 2.24) is 39.1 Å². The maximum Gasteiger partial charge on any atom is 0.389 e. The van der Waals surface area contributed by atoms with Crippen molar-refractivity contribution in [3.63, 3.8) is 0 Å². The topological polar surface area (TPSA) is 107 Å². The van der Waals surface area contributed by atoms with E-state index in [1.54, 1.807) is 32.7 Å². The predicted molar refractivity (Wildman–Crippen MR) is 165 cm³/mol. The lowest BCUT2D eigenvalue weighted by Gasteiger charge is -2.42. The van der Waals surface area contributed by atoms with Crippen molar-refractivity contribution in [3.8, 4) is 0 Å². The number of rotatable bonds is 8. The molecule has 1 saturated carbocycles. The summed E-state index contributed by atoms with van der Waals surface area (Å²) in [4.78, 5) is 38.8. The monoisotopic (exact) mass is 642 g/mol. The summed E-state index contributed by atoms with van der Waals surface area (Å²) in [5.41, 5.74) is 2.15. The van der Waals surface area contributed by atoms with Crippen LogP contribution in [0.4, 0.5) is 30.5 Å². The van der Waals surface area contributed by atoms with Gasteiger partial charge in [-0.15, -0.1) is 5.10 Å². The third-order valence-corrected chi connectivity index (χ3v) is 10.0. The first-order chi connectivity index (χ1) is 22.2. The highest BCUT2D eigenvalue weighted by molar-refractivity contribution is 5.79. The van der Waals surface area contributed by atoms with Crippen LogP contribution in [0.5, 0.6) is 0 Å². The zero-order valence-electron chi connectivity index (χ0n) is 25.9. The average Bonchev–Trinajstić information content (AvgIpc) is 3.75. The Labute approximate surface area is 265 Å². The van der Waals surface area contributed by atoms with Crippen LogP contribution in [0.3, 0.4) is 0 Å². The largest absolute Gasteiger partial charge is 0.389 e. The molecule has 3 aromatic heterocycles. The van der Waals surface area contributed by atoms with Gasteiger partial charge in [-0.05, 0) is 37.8 Å². The Hall–Kier alpha value is -3.88. The van der Waals surface area contributed by atoms with E-state index in [0.717, 1.165) is 44.7 Å². The molecule has 2 bridgehead atoms. The molecular formula is C31H41F3N10O2. The second-order valence-corrected chi connectivity index (χ2v) is 13.1. The van der Waals surface area contributed by atoms with Crippen molar-refractivity contribution in [2.24, 2.45) is 0 Å². The van der Waals surface area contributed by atoms with E-state index in [9.17, 15) is 22.8 Å². The summed E-state index contributed by atoms with van der Waals surface area (Å²) in [5.74, 6) is 0.0155. The van der Waals surface area contributed by atoms with Gasteiger partial charge in [-0.2, -0.15) is 23.3 Å². The first-order valence-electron chi connectivity index (χ1n) is 16.5. The third kappa shape index (κ3) is 6.65. The highest BCUT2D eigenvalue weighted by Crippen LogP contribution is 2.35. The molecule has 2 amide bonds. The second kappa shape index (κ2) is 12.7. The van der Waals surface area contributed by atoms with Crippen LogP contribution in [0.2, 0.25) is 0 Å². The van der Waals surface area contributed by atoms with Crippen LogP contribution in [0.25, 0.3) is 5.65 Å². The number of hydrogen-bond donors (Lipinski definition) is 1. The molecular weight excluding hydrogens is 601 g/mol. The third-order valence-electron chi connectivity index (χ3n) is 10.0. The number of alkyl halides is 3. The van der Waals surface area contributed by atoms with Crippen LogP contribution < -0.4 is 10.2 Å². The minimum absolute atomic E-state index is 0.0598. The molecule has 0 radical (unpaired) electrons. The second-order valence-electron chi connectivity index (χ2n) is 13.1. The number of carbonyl (C=O) groups is 2. The lowest BCUT2D eigenvalue weighted by atomic mass is 9.94. The van der Waals surface area contributed by atoms with Crippen LogP contribution in [0.15, 0.2) is 30.7 Å². The molecule has 2 unspecified atom stereocenters. The molecule has 3 saturated heterocycles. The van der Waals surface area contributed by atoms with Gasteiger partial charge in [0.1, 0.15) is 6.54 Å². The normalized spacial score (nSPS) is 23.0. The van der Waals surface area contributed by atoms with Gasteiger partial charge in [-0.1, -0.05) is 19.3 Å². The van der Waals surface area contributed by atoms with E-state index in [4.69, 9.17) is 4.98 Å². The van der Waals surface area contributed by atoms with E-state index in [-0.39, 0.29) is 24.5 Å². The van der Waals surface area contributed by atoms with E-state index in [1.807, 2.05) is 17.0 Å². The number of carbonyl (C=O) groups excluding carboxylic acids is 2. The first kappa shape index (κ1) is 30.8. The Morgan fingerprint density at radius 2 is 1.67 bits per heavy atom. The summed E-state index contributed by atoms with van der Waals surface area (Å²) in [5, 5.41) is 12.2. The summed E-state index contributed by atoms with van der Waals surface area (Å²) in [6.45, 7) is 4.59. The van der Waals surface area contributed by atoms with Gasteiger partial charge in [0.15, 0.2) is 5.65 Å². The van der Waals surface area contributed by atoms with E-state index in [0.29, 0.717) is 36.4 Å². The number of nitrogens with one attached hydrogen (secondary N) is 1. The molecule has 12 nitrogen and oxygen atoms in total. The average molecular weight is 643 g/mol. The first-order valence-corrected chi connectivity index (χ1v) is 16.5. The molecule has 248 valence electrons. The Balaban J connectivity index is 0.954. The number of anilines is 3. The van der Waals surface area contributed by atoms with E-state index in [2.05, 4.69) is 25.3 Å². The van der Waals surface area contributed by atoms with Crippen LogP contribution in [0.1, 0.15) is 57.8 Å². The zero-order valence-corrected chi connectivity index (χ0v) is 25.9. The maximum atomic E-state index is 13.0. The molecule has 46 heavy (non-hydrogen) atoms. The number of aromatic nitrogens is 5. The molecule has 2 atom stereocenters. The number of hydrogen-bond acceptors (Lipinski definition) is 8. The fourth-order valence-corrected chi connectivity index (χ4v) is 7.74. The molecule has 4 fully saturated rings. The summed E-state index contributed by atoms with van der Waals surface area (Å²) >= 11 is 0. The van der Waals surface area contributed by atoms with E-state index in [1.165, 1.54) is 32.1 Å². The van der Waals surface area contributed by atoms with Gasteiger partial charge in [0.2, 0.25) is 17.8 Å². The van der Waals surface area contributed by atoms with Crippen molar-refractivity contribution in [2.75, 3.05) is 49.5 Å². The molecule has 3 aromatic rings. The molecule has 1 N–H and O–H groups in total. The number of fused-ring (bicyclic) bond motifs is 3. The van der Waals surface area contributed by atoms with Crippen LogP contribution in [-0.2, 0) is 16.1 Å². The fourth-order valence-electron chi connectivity index (χ4n) is 7.74. The zero-order chi connectivity index (χ0) is 31.8. The number of amides is 2. The van der Waals surface area contributed by atoms with Crippen molar-refractivity contribution in [2.45, 2.75) is 88.6 Å². The summed E-state index contributed by atoms with van der Waals surface area (Å²) in [6, 6.07) is 4.24. The Morgan fingerprint density at radius 1 is 0.935 bits per heavy atom. The fraction of sp³-hybridized carbons (Fsp3) is 0.645. The molecule has 6 heterocycles. The summed E-state index contributed by atoms with van der Waals surface area (Å²) < 4.78 is 41.5. The number of nitrogens with zero attached hydrogens (tertiary/aromatic N) is 9. The van der Waals surface area contributed by atoms with Gasteiger partial charge in [0, 0.05) is 76.2 Å². The summed E-state index contributed by atoms with van der Waals surface area (Å²) in [6.07, 6.45) is 7.33. The lowest BCUT2D eigenvalue weighted by molar-refractivity contribution is -0.151. The smallest absolute Gasteiger partial charge is 0.364 e. The van der Waals surface area contributed by atoms with Crippen LogP contribution >= 0.6 is 0 Å². The van der Waals surface area contributed by atoms with Gasteiger partial charge in [0.25, 0.3) is 0 Å². The van der Waals surface area contributed by atoms with E-state index >= 15 is 0 Å². The van der Waals surface area contributed by atoms with Crippen LogP contribution in [0, 0.1) is 0 Å². The van der Waals surface area contributed by atoms with Crippen molar-refractivity contribution in [1.29, 1.82) is 0 Å². The van der Waals surface area contributed by atoms with E-state index < -0.39 is 24.9 Å². The Bertz CT molecular complexity index is 1530. The summed E-state index contributed by atoms with van der Waals surface area (Å²) in [7, 11) is 0. The van der Waals surface area contributed by atoms with Gasteiger partial charge < -0.3 is 20.0 Å². The van der Waals surface area contributed by atoms with Gasteiger partial charge in [0.05, 0.1) is 24.0 Å². The Kier molecular flexibility index (Phi) is 8.51. The van der Waals surface area contributed by atoms with Crippen molar-refractivity contribution in [3.05, 3.63) is 30.7 Å². The quantitative estimate of drug-likeness (QED) is 0.397. The van der Waals surface area contributed by atoms with Gasteiger partial charge in [-0.25, -0.2) is 4.52 Å². The highest BCUT2D eigenvalue weighted by atomic mass is 19.4. The SMILES string of the molecule is O=C(Cn1cc(Nc2nc3c(N4CC5CCC(C4)N5C(=O)CCC(F)(F)F)cccn3n2)cn1)N1CCN(C2CCCCC2)CC1. The lowest BCUT2D eigenvalue weighted by Crippen LogP contribution is -2.56. The molecule has 15 heteroatoms. The maximum absolute atomic E-state index is 13.0. The molecule has 1 aliphatic carbocycles. The minimum Gasteiger partial charge on any atom is -0.364 e. The molecule has 0 spiro atoms. The molecule has 4 aliphatic rings. The number of halogens is 3. The Morgan fingerprint density at radius 3 is 2.39 bits per heavy atom. The predicted octanol–water partition coefficient (Wildman–Crippen LogP) is 3.67. The molecule has 3 aliphatic heterocycles. The number of pyridine rings is 1. The standard InChI is InChI=1S/C31H41F3N10O2/c32-31(33,34)11-10-27(45)44-24-8-9-25(44)20-41(19-24)26-7-4-12-43-29(26)37-30(38-43)36-22-17-35-42(18-22)21-28(46)40-15-13-39(14-16-40)23-5-2-1-3-6-23/h4,7,12,17-18,23-25H,1-3,5-6,8-11,13-16,19-21H2,(H,36,38). The number of piperazine rings is 2. The van der Waals surface area contributed by atoms with Crippen molar-refractivity contribution < 1.29 is 22.8 Å². The van der Waals surface area contributed by atoms with Gasteiger partial charge >= 0.3 is 6.18 Å². The van der Waals surface area contributed by atoms with Crippen LogP contribution in [-0.4, -0.2) is 114 Å². The van der Waals surface area contributed by atoms with Crippen molar-refractivity contribution >= 4 is 34.8 Å².